The molecule has 2 heterocycles. The molecule has 7 heteroatoms. The zero-order valence-electron chi connectivity index (χ0n) is 15.0. The zero-order valence-corrected chi connectivity index (χ0v) is 15.8. The van der Waals surface area contributed by atoms with Gasteiger partial charge in [-0.05, 0) is 44.0 Å². The van der Waals surface area contributed by atoms with E-state index in [0.717, 1.165) is 12.1 Å². The van der Waals surface area contributed by atoms with Crippen LogP contribution in [0.2, 0.25) is 0 Å². The second kappa shape index (κ2) is 9.45. The van der Waals surface area contributed by atoms with Gasteiger partial charge in [-0.2, -0.15) is 5.10 Å². The van der Waals surface area contributed by atoms with Crippen molar-refractivity contribution in [2.24, 2.45) is 5.10 Å². The Morgan fingerprint density at radius 1 is 1.35 bits per heavy atom. The third-order valence-electron chi connectivity index (χ3n) is 4.14. The van der Waals surface area contributed by atoms with Crippen molar-refractivity contribution in [2.45, 2.75) is 32.7 Å². The number of aromatic nitrogens is 1. The molecule has 0 amide bonds. The fourth-order valence-electron chi connectivity index (χ4n) is 2.87. The minimum absolute atomic E-state index is 0.189. The summed E-state index contributed by atoms with van der Waals surface area (Å²) in [7, 11) is 0. The monoisotopic (exact) mass is 372 g/mol. The van der Waals surface area contributed by atoms with Gasteiger partial charge in [0.05, 0.1) is 24.9 Å². The number of ether oxygens (including phenoxy) is 1. The molecule has 6 nitrogen and oxygen atoms in total. The lowest BCUT2D eigenvalue weighted by molar-refractivity contribution is -0.142. The first kappa shape index (κ1) is 18.5. The number of nitrogens with zero attached hydrogens (tertiary/aromatic N) is 3. The topological polar surface area (TPSA) is 66.8 Å². The molecule has 1 aromatic heterocycles. The van der Waals surface area contributed by atoms with Gasteiger partial charge in [-0.25, -0.2) is 4.98 Å². The predicted octanol–water partition coefficient (Wildman–Crippen LogP) is 3.29. The molecule has 1 aromatic carbocycles. The summed E-state index contributed by atoms with van der Waals surface area (Å²) in [5.41, 5.74) is 5.97. The van der Waals surface area contributed by atoms with Crippen molar-refractivity contribution in [1.82, 2.24) is 9.88 Å². The fourth-order valence-corrected chi connectivity index (χ4v) is 3.53. The lowest BCUT2D eigenvalue weighted by Crippen LogP contribution is -2.18. The minimum Gasteiger partial charge on any atom is -0.466 e. The van der Waals surface area contributed by atoms with E-state index in [2.05, 4.69) is 44.7 Å². The van der Waals surface area contributed by atoms with Crippen LogP contribution < -0.4 is 5.43 Å². The average Bonchev–Trinajstić information content (AvgIpc) is 3.29. The summed E-state index contributed by atoms with van der Waals surface area (Å²) in [5, 5.41) is 6.71. The number of thiazole rings is 1. The summed E-state index contributed by atoms with van der Waals surface area (Å²) in [5.74, 6) is -0.262. The van der Waals surface area contributed by atoms with Gasteiger partial charge in [-0.15, -0.1) is 11.3 Å². The van der Waals surface area contributed by atoms with E-state index in [0.29, 0.717) is 17.4 Å². The summed E-state index contributed by atoms with van der Waals surface area (Å²) in [6.07, 6.45) is 4.59. The molecule has 3 rings (SSSR count). The number of benzene rings is 1. The normalized spacial score (nSPS) is 14.8. The van der Waals surface area contributed by atoms with Crippen LogP contribution in [0.3, 0.4) is 0 Å². The summed E-state index contributed by atoms with van der Waals surface area (Å²) in [6, 6.07) is 8.45. The molecule has 0 spiro atoms. The minimum atomic E-state index is -0.262. The van der Waals surface area contributed by atoms with Gasteiger partial charge in [0.2, 0.25) is 5.13 Å². The first-order valence-electron chi connectivity index (χ1n) is 8.93. The summed E-state index contributed by atoms with van der Waals surface area (Å²) < 4.78 is 4.92. The molecule has 0 atom stereocenters. The lowest BCUT2D eigenvalue weighted by atomic mass is 10.1. The number of rotatable bonds is 8. The Morgan fingerprint density at radius 2 is 2.12 bits per heavy atom. The van der Waals surface area contributed by atoms with Gasteiger partial charge < -0.3 is 4.74 Å². The SMILES string of the molecule is CCOC(=O)Cc1csc(NN=Cc2ccc(CN3CCCC3)cc2)n1. The number of anilines is 1. The van der Waals surface area contributed by atoms with Crippen LogP contribution in [-0.2, 0) is 22.5 Å². The van der Waals surface area contributed by atoms with E-state index in [1.54, 1.807) is 13.1 Å². The molecule has 1 aliphatic heterocycles. The zero-order chi connectivity index (χ0) is 18.2. The van der Waals surface area contributed by atoms with E-state index in [1.165, 1.54) is 42.8 Å². The van der Waals surface area contributed by atoms with Crippen LogP contribution in [-0.4, -0.2) is 41.8 Å². The molecule has 0 unspecified atom stereocenters. The van der Waals surface area contributed by atoms with Crippen LogP contribution in [0, 0.1) is 0 Å². The molecular formula is C19H24N4O2S. The predicted molar refractivity (Wildman–Crippen MR) is 105 cm³/mol. The van der Waals surface area contributed by atoms with Crippen molar-refractivity contribution >= 4 is 28.7 Å². The molecule has 0 radical (unpaired) electrons. The largest absolute Gasteiger partial charge is 0.466 e. The first-order valence-corrected chi connectivity index (χ1v) is 9.81. The quantitative estimate of drug-likeness (QED) is 0.438. The summed E-state index contributed by atoms with van der Waals surface area (Å²) in [6.45, 7) is 5.62. The van der Waals surface area contributed by atoms with Gasteiger partial charge in [0, 0.05) is 11.9 Å². The fraction of sp³-hybridized carbons (Fsp3) is 0.421. The summed E-state index contributed by atoms with van der Waals surface area (Å²) in [4.78, 5) is 18.3. The standard InChI is InChI=1S/C19H24N4O2S/c1-2-25-18(24)11-17-14-26-19(21-17)22-20-12-15-5-7-16(8-6-15)13-23-9-3-4-10-23/h5-8,12,14H,2-4,9-11,13H2,1H3,(H,21,22). The van der Waals surface area contributed by atoms with Crippen molar-refractivity contribution in [3.63, 3.8) is 0 Å². The van der Waals surface area contributed by atoms with Crippen LogP contribution in [0.15, 0.2) is 34.7 Å². The van der Waals surface area contributed by atoms with Crippen LogP contribution in [0.4, 0.5) is 5.13 Å². The maximum Gasteiger partial charge on any atom is 0.311 e. The maximum atomic E-state index is 11.4. The highest BCUT2D eigenvalue weighted by molar-refractivity contribution is 7.13. The van der Waals surface area contributed by atoms with E-state index < -0.39 is 0 Å². The Hall–Kier alpha value is -2.25. The highest BCUT2D eigenvalue weighted by Crippen LogP contribution is 2.16. The number of hydrogen-bond donors (Lipinski definition) is 1. The van der Waals surface area contributed by atoms with E-state index in [4.69, 9.17) is 4.74 Å². The van der Waals surface area contributed by atoms with E-state index in [9.17, 15) is 4.79 Å². The van der Waals surface area contributed by atoms with E-state index >= 15 is 0 Å². The Labute approximate surface area is 157 Å². The van der Waals surface area contributed by atoms with Crippen LogP contribution >= 0.6 is 11.3 Å². The Bertz CT molecular complexity index is 736. The van der Waals surface area contributed by atoms with Crippen LogP contribution in [0.25, 0.3) is 0 Å². The molecule has 1 aliphatic rings. The number of nitrogens with one attached hydrogen (secondary N) is 1. The van der Waals surface area contributed by atoms with Crippen molar-refractivity contribution < 1.29 is 9.53 Å². The third-order valence-corrected chi connectivity index (χ3v) is 4.94. The molecule has 1 saturated heterocycles. The van der Waals surface area contributed by atoms with Crippen LogP contribution in [0.5, 0.6) is 0 Å². The number of carbonyl (C=O) groups is 1. The van der Waals surface area contributed by atoms with Gasteiger partial charge in [0.1, 0.15) is 0 Å². The summed E-state index contributed by atoms with van der Waals surface area (Å²) >= 11 is 1.42. The molecule has 1 N–H and O–H groups in total. The second-order valence-electron chi connectivity index (χ2n) is 6.22. The number of likely N-dealkylation sites (tertiary alicyclic amines) is 1. The number of carbonyl (C=O) groups excluding carboxylic acids is 1. The van der Waals surface area contributed by atoms with Gasteiger partial charge in [-0.3, -0.25) is 15.1 Å². The van der Waals surface area contributed by atoms with Crippen molar-refractivity contribution in [1.29, 1.82) is 0 Å². The lowest BCUT2D eigenvalue weighted by Gasteiger charge is -2.14. The van der Waals surface area contributed by atoms with E-state index in [1.807, 2.05) is 5.38 Å². The van der Waals surface area contributed by atoms with Gasteiger partial charge >= 0.3 is 5.97 Å². The molecule has 0 bridgehead atoms. The van der Waals surface area contributed by atoms with Gasteiger partial charge in [-0.1, -0.05) is 24.3 Å². The smallest absolute Gasteiger partial charge is 0.311 e. The van der Waals surface area contributed by atoms with E-state index in [-0.39, 0.29) is 12.4 Å². The molecule has 2 aromatic rings. The van der Waals surface area contributed by atoms with Crippen molar-refractivity contribution in [2.75, 3.05) is 25.1 Å². The van der Waals surface area contributed by atoms with Crippen molar-refractivity contribution in [3.8, 4) is 0 Å². The number of hydrogen-bond acceptors (Lipinski definition) is 7. The van der Waals surface area contributed by atoms with Gasteiger partial charge in [0.15, 0.2) is 0 Å². The highest BCUT2D eigenvalue weighted by atomic mass is 32.1. The number of esters is 1. The van der Waals surface area contributed by atoms with Crippen LogP contribution in [0.1, 0.15) is 36.6 Å². The average molecular weight is 372 g/mol. The first-order chi connectivity index (χ1) is 12.7. The molecular weight excluding hydrogens is 348 g/mol. The molecule has 26 heavy (non-hydrogen) atoms. The maximum absolute atomic E-state index is 11.4. The Kier molecular flexibility index (Phi) is 6.74. The Balaban J connectivity index is 1.47. The Morgan fingerprint density at radius 3 is 2.85 bits per heavy atom. The molecule has 1 fully saturated rings. The van der Waals surface area contributed by atoms with Crippen molar-refractivity contribution in [3.05, 3.63) is 46.5 Å². The third kappa shape index (κ3) is 5.64. The molecule has 138 valence electrons. The highest BCUT2D eigenvalue weighted by Gasteiger charge is 2.11. The van der Waals surface area contributed by atoms with Gasteiger partial charge in [0.25, 0.3) is 0 Å². The molecule has 0 saturated carbocycles. The number of hydrazone groups is 1. The second-order valence-corrected chi connectivity index (χ2v) is 7.08. The molecule has 0 aliphatic carbocycles.